The number of aromatic nitrogens is 2. The normalized spacial score (nSPS) is 19.8. The second-order valence-electron chi connectivity index (χ2n) is 11.0. The molecule has 1 aromatic heterocycles. The Labute approximate surface area is 233 Å². The number of carbonyl (C=O) groups is 1. The second-order valence-corrected chi connectivity index (χ2v) is 11.4. The van der Waals surface area contributed by atoms with Gasteiger partial charge in [-0.3, -0.25) is 4.79 Å². The van der Waals surface area contributed by atoms with Gasteiger partial charge in [0, 0.05) is 19.2 Å². The summed E-state index contributed by atoms with van der Waals surface area (Å²) in [6.07, 6.45) is 10.4. The second kappa shape index (κ2) is 11.3. The molecule has 2 aromatic carbocycles. The monoisotopic (exact) mass is 555 g/mol. The minimum Gasteiger partial charge on any atom is -0.454 e. The van der Waals surface area contributed by atoms with Gasteiger partial charge in [0.25, 0.3) is 0 Å². The van der Waals surface area contributed by atoms with Crippen molar-refractivity contribution in [2.75, 3.05) is 13.9 Å². The lowest BCUT2D eigenvalue weighted by molar-refractivity contribution is -0.124. The summed E-state index contributed by atoms with van der Waals surface area (Å²) in [5, 5.41) is 3.31. The van der Waals surface area contributed by atoms with Crippen LogP contribution in [0.25, 0.3) is 11.0 Å². The van der Waals surface area contributed by atoms with E-state index in [4.69, 9.17) is 30.8 Å². The Morgan fingerprint density at radius 3 is 2.51 bits per heavy atom. The first kappa shape index (κ1) is 26.4. The third-order valence-electron chi connectivity index (χ3n) is 8.52. The van der Waals surface area contributed by atoms with E-state index >= 15 is 0 Å². The Kier molecular flexibility index (Phi) is 7.67. The van der Waals surface area contributed by atoms with Gasteiger partial charge in [-0.15, -0.1) is 0 Å². The number of ether oxygens (including phenoxy) is 3. The summed E-state index contributed by atoms with van der Waals surface area (Å²) < 4.78 is 33.9. The van der Waals surface area contributed by atoms with Crippen LogP contribution >= 0.6 is 11.6 Å². The zero-order valence-electron chi connectivity index (χ0n) is 22.3. The van der Waals surface area contributed by atoms with Crippen molar-refractivity contribution in [3.8, 4) is 11.5 Å². The Balaban J connectivity index is 1.52. The molecular weight excluding hydrogens is 521 g/mol. The number of carbonyl (C=O) groups excluding carboxylic acids is 1. The molecule has 3 aliphatic rings. The topological polar surface area (TPSA) is 74.6 Å². The van der Waals surface area contributed by atoms with Gasteiger partial charge >= 0.3 is 0 Å². The number of benzene rings is 2. The van der Waals surface area contributed by atoms with Gasteiger partial charge in [-0.1, -0.05) is 56.2 Å². The van der Waals surface area contributed by atoms with Crippen molar-refractivity contribution in [1.29, 1.82) is 0 Å². The molecule has 2 aliphatic carbocycles. The Bertz CT molecular complexity index is 1350. The van der Waals surface area contributed by atoms with Crippen LogP contribution in [0.5, 0.6) is 11.5 Å². The molecule has 208 valence electrons. The molecule has 1 N–H and O–H groups in total. The van der Waals surface area contributed by atoms with Crippen molar-refractivity contribution < 1.29 is 23.4 Å². The van der Waals surface area contributed by atoms with E-state index in [1.54, 1.807) is 13.2 Å². The molecule has 39 heavy (non-hydrogen) atoms. The van der Waals surface area contributed by atoms with Crippen molar-refractivity contribution in [1.82, 2.24) is 14.9 Å². The molecule has 0 saturated heterocycles. The molecule has 1 aliphatic heterocycles. The van der Waals surface area contributed by atoms with Gasteiger partial charge in [-0.05, 0) is 55.4 Å². The van der Waals surface area contributed by atoms with E-state index in [1.807, 2.05) is 22.8 Å². The van der Waals surface area contributed by atoms with Crippen LogP contribution in [0.2, 0.25) is 5.02 Å². The van der Waals surface area contributed by atoms with Gasteiger partial charge in [-0.2, -0.15) is 0 Å². The molecule has 0 radical (unpaired) electrons. The quantitative estimate of drug-likeness (QED) is 0.344. The number of amides is 1. The summed E-state index contributed by atoms with van der Waals surface area (Å²) in [5.74, 6) is 1.41. The summed E-state index contributed by atoms with van der Waals surface area (Å²) in [5.41, 5.74) is 1.77. The maximum Gasteiger partial charge on any atom is 0.247 e. The van der Waals surface area contributed by atoms with Gasteiger partial charge in [0.15, 0.2) is 11.5 Å². The minimum absolute atomic E-state index is 0.0149. The third-order valence-corrected chi connectivity index (χ3v) is 8.81. The molecule has 9 heteroatoms. The van der Waals surface area contributed by atoms with Crippen LogP contribution in [0.4, 0.5) is 4.39 Å². The molecule has 2 atom stereocenters. The minimum atomic E-state index is -0.788. The number of nitrogens with one attached hydrogen (secondary N) is 1. The van der Waals surface area contributed by atoms with E-state index in [1.165, 1.54) is 18.9 Å². The Morgan fingerprint density at radius 2 is 1.77 bits per heavy atom. The van der Waals surface area contributed by atoms with Gasteiger partial charge in [-0.25, -0.2) is 9.37 Å². The van der Waals surface area contributed by atoms with Crippen molar-refractivity contribution in [2.24, 2.45) is 5.92 Å². The summed E-state index contributed by atoms with van der Waals surface area (Å²) in [6.45, 7) is 0.138. The molecule has 7 nitrogen and oxygen atoms in total. The number of methoxy groups -OCH3 is 1. The first-order chi connectivity index (χ1) is 19.0. The van der Waals surface area contributed by atoms with E-state index in [9.17, 15) is 9.18 Å². The van der Waals surface area contributed by atoms with Crippen molar-refractivity contribution in [3.05, 3.63) is 52.6 Å². The number of nitrogens with zero attached hydrogens (tertiary/aromatic N) is 2. The van der Waals surface area contributed by atoms with Crippen LogP contribution in [0, 0.1) is 11.7 Å². The van der Waals surface area contributed by atoms with Gasteiger partial charge < -0.3 is 24.1 Å². The number of imidazole rings is 1. The summed E-state index contributed by atoms with van der Waals surface area (Å²) in [6, 6.07) is 7.82. The van der Waals surface area contributed by atoms with E-state index in [0.29, 0.717) is 28.4 Å². The summed E-state index contributed by atoms with van der Waals surface area (Å²) >= 11 is 6.31. The molecule has 2 heterocycles. The van der Waals surface area contributed by atoms with E-state index in [-0.39, 0.29) is 35.8 Å². The molecule has 6 rings (SSSR count). The maximum atomic E-state index is 14.6. The van der Waals surface area contributed by atoms with Gasteiger partial charge in [0.05, 0.1) is 16.1 Å². The average molecular weight is 556 g/mol. The fraction of sp³-hybridized carbons (Fsp3) is 0.533. The van der Waals surface area contributed by atoms with E-state index < -0.39 is 11.9 Å². The zero-order valence-corrected chi connectivity index (χ0v) is 23.0. The predicted molar refractivity (Wildman–Crippen MR) is 147 cm³/mol. The third kappa shape index (κ3) is 5.21. The van der Waals surface area contributed by atoms with Crippen molar-refractivity contribution in [2.45, 2.75) is 82.4 Å². The van der Waals surface area contributed by atoms with E-state index in [2.05, 4.69) is 5.32 Å². The number of fused-ring (bicyclic) bond motifs is 2. The fourth-order valence-corrected chi connectivity index (χ4v) is 6.71. The number of halogens is 2. The highest BCUT2D eigenvalue weighted by atomic mass is 35.5. The van der Waals surface area contributed by atoms with Crippen LogP contribution in [-0.2, 0) is 9.53 Å². The van der Waals surface area contributed by atoms with Crippen LogP contribution < -0.4 is 14.8 Å². The molecule has 2 unspecified atom stereocenters. The fourth-order valence-electron chi connectivity index (χ4n) is 6.55. The smallest absolute Gasteiger partial charge is 0.247 e. The standard InChI is InChI=1S/C30H35ClFN3O4/c1-37-28(18-8-4-2-5-9-18)29-34-23-16-22(32)21(31)15-24(23)35(29)27(30(36)33-20-10-6-3-7-11-20)19-12-13-25-26(14-19)39-17-38-25/h12-16,18,20,27-28H,2-11,17H2,1H3,(H,33,36). The lowest BCUT2D eigenvalue weighted by atomic mass is 9.84. The van der Waals surface area contributed by atoms with Crippen LogP contribution in [0.1, 0.15) is 87.7 Å². The number of rotatable bonds is 7. The van der Waals surface area contributed by atoms with Crippen molar-refractivity contribution in [3.63, 3.8) is 0 Å². The lowest BCUT2D eigenvalue weighted by Gasteiger charge is -2.32. The van der Waals surface area contributed by atoms with Crippen LogP contribution in [0.3, 0.4) is 0 Å². The molecule has 2 saturated carbocycles. The summed E-state index contributed by atoms with van der Waals surface area (Å²) in [4.78, 5) is 19.2. The molecule has 0 bridgehead atoms. The summed E-state index contributed by atoms with van der Waals surface area (Å²) in [7, 11) is 1.69. The average Bonchev–Trinajstić information content (AvgIpc) is 3.56. The molecular formula is C30H35ClFN3O4. The Hall–Kier alpha value is -2.84. The molecule has 1 amide bonds. The van der Waals surface area contributed by atoms with Gasteiger partial charge in [0.1, 0.15) is 23.8 Å². The van der Waals surface area contributed by atoms with Crippen LogP contribution in [-0.4, -0.2) is 35.4 Å². The highest BCUT2D eigenvalue weighted by molar-refractivity contribution is 6.31. The first-order valence-corrected chi connectivity index (χ1v) is 14.5. The maximum absolute atomic E-state index is 14.6. The number of hydrogen-bond acceptors (Lipinski definition) is 5. The first-order valence-electron chi connectivity index (χ1n) is 14.1. The Morgan fingerprint density at radius 1 is 1.05 bits per heavy atom. The molecule has 3 aromatic rings. The highest BCUT2D eigenvalue weighted by Gasteiger charge is 2.36. The van der Waals surface area contributed by atoms with Gasteiger partial charge in [0.2, 0.25) is 12.7 Å². The largest absolute Gasteiger partial charge is 0.454 e. The lowest BCUT2D eigenvalue weighted by Crippen LogP contribution is -2.41. The van der Waals surface area contributed by atoms with Crippen LogP contribution in [0.15, 0.2) is 30.3 Å². The predicted octanol–water partition coefficient (Wildman–Crippen LogP) is 6.86. The molecule has 2 fully saturated rings. The van der Waals surface area contributed by atoms with E-state index in [0.717, 1.165) is 56.9 Å². The molecule has 0 spiro atoms. The number of hydrogen-bond donors (Lipinski definition) is 1. The zero-order chi connectivity index (χ0) is 26.9. The SMILES string of the molecule is COC(c1nc2cc(F)c(Cl)cc2n1C(C(=O)NC1CCCCC1)c1ccc2c(c1)OCO2)C1CCCCC1. The highest BCUT2D eigenvalue weighted by Crippen LogP contribution is 2.42. The van der Waals surface area contributed by atoms with Crippen molar-refractivity contribution >= 4 is 28.5 Å².